The van der Waals surface area contributed by atoms with Gasteiger partial charge in [0.05, 0.1) is 12.2 Å². The number of benzene rings is 1. The second kappa shape index (κ2) is 7.06. The molecule has 3 unspecified atom stereocenters. The number of carbonyl (C=O) groups is 1. The van der Waals surface area contributed by atoms with Crippen molar-refractivity contribution in [3.8, 4) is 6.07 Å². The van der Waals surface area contributed by atoms with Crippen LogP contribution < -0.4 is 5.32 Å². The third-order valence-corrected chi connectivity index (χ3v) is 3.82. The Labute approximate surface area is 119 Å². The molecule has 1 fully saturated rings. The lowest BCUT2D eigenvalue weighted by Gasteiger charge is -2.15. The van der Waals surface area contributed by atoms with Crippen molar-refractivity contribution in [3.05, 3.63) is 35.9 Å². The molecule has 1 aromatic rings. The Balaban J connectivity index is 1.88. The van der Waals surface area contributed by atoms with Crippen molar-refractivity contribution in [2.24, 2.45) is 5.92 Å². The molecule has 4 heteroatoms. The topological polar surface area (TPSA) is 62.1 Å². The summed E-state index contributed by atoms with van der Waals surface area (Å²) >= 11 is 0. The molecule has 4 nitrogen and oxygen atoms in total. The van der Waals surface area contributed by atoms with Gasteiger partial charge in [0.1, 0.15) is 5.92 Å². The van der Waals surface area contributed by atoms with E-state index in [4.69, 9.17) is 4.74 Å². The SMILES string of the molecule is COC1CCC(NC(=O)C(C#N)Cc2ccccc2)C1. The number of ether oxygens (including phenoxy) is 1. The normalized spacial score (nSPS) is 23.0. The Hall–Kier alpha value is -1.86. The number of hydrogen-bond donors (Lipinski definition) is 1. The van der Waals surface area contributed by atoms with Crippen molar-refractivity contribution >= 4 is 5.91 Å². The number of nitrogens with zero attached hydrogens (tertiary/aromatic N) is 1. The van der Waals surface area contributed by atoms with E-state index in [1.54, 1.807) is 7.11 Å². The Morgan fingerprint density at radius 3 is 2.80 bits per heavy atom. The summed E-state index contributed by atoms with van der Waals surface area (Å²) in [5.74, 6) is -0.794. The summed E-state index contributed by atoms with van der Waals surface area (Å²) in [6.07, 6.45) is 3.43. The predicted octanol–water partition coefficient (Wildman–Crippen LogP) is 2.05. The van der Waals surface area contributed by atoms with E-state index in [2.05, 4.69) is 11.4 Å². The number of rotatable bonds is 5. The molecular weight excluding hydrogens is 252 g/mol. The Morgan fingerprint density at radius 2 is 2.20 bits per heavy atom. The highest BCUT2D eigenvalue weighted by Crippen LogP contribution is 2.22. The van der Waals surface area contributed by atoms with Gasteiger partial charge in [-0.25, -0.2) is 0 Å². The average molecular weight is 272 g/mol. The summed E-state index contributed by atoms with van der Waals surface area (Å²) in [6, 6.07) is 11.9. The molecule has 0 radical (unpaired) electrons. The first kappa shape index (κ1) is 14.5. The van der Waals surface area contributed by atoms with E-state index in [1.165, 1.54) is 0 Å². The van der Waals surface area contributed by atoms with Gasteiger partial charge in [0.25, 0.3) is 0 Å². The molecule has 3 atom stereocenters. The third-order valence-electron chi connectivity index (χ3n) is 3.82. The minimum absolute atomic E-state index is 0.138. The van der Waals surface area contributed by atoms with Crippen molar-refractivity contribution in [3.63, 3.8) is 0 Å². The van der Waals surface area contributed by atoms with E-state index < -0.39 is 5.92 Å². The zero-order valence-electron chi connectivity index (χ0n) is 11.7. The van der Waals surface area contributed by atoms with Gasteiger partial charge in [-0.2, -0.15) is 5.26 Å². The molecule has 0 saturated heterocycles. The van der Waals surface area contributed by atoms with Gasteiger partial charge < -0.3 is 10.1 Å². The van der Waals surface area contributed by atoms with E-state index in [-0.39, 0.29) is 18.1 Å². The van der Waals surface area contributed by atoms with E-state index in [9.17, 15) is 10.1 Å². The van der Waals surface area contributed by atoms with Gasteiger partial charge in [-0.1, -0.05) is 30.3 Å². The summed E-state index contributed by atoms with van der Waals surface area (Å²) < 4.78 is 5.29. The van der Waals surface area contributed by atoms with Crippen molar-refractivity contribution in [1.82, 2.24) is 5.32 Å². The predicted molar refractivity (Wildman–Crippen MR) is 75.8 cm³/mol. The molecule has 1 aromatic carbocycles. The second-order valence-electron chi connectivity index (χ2n) is 5.25. The highest BCUT2D eigenvalue weighted by atomic mass is 16.5. The van der Waals surface area contributed by atoms with Gasteiger partial charge in [0.2, 0.25) is 5.91 Å². The lowest BCUT2D eigenvalue weighted by atomic mass is 9.99. The summed E-state index contributed by atoms with van der Waals surface area (Å²) in [4.78, 5) is 12.2. The number of hydrogen-bond acceptors (Lipinski definition) is 3. The second-order valence-corrected chi connectivity index (χ2v) is 5.25. The van der Waals surface area contributed by atoms with Crippen molar-refractivity contribution < 1.29 is 9.53 Å². The Morgan fingerprint density at radius 1 is 1.45 bits per heavy atom. The maximum absolute atomic E-state index is 12.2. The van der Waals surface area contributed by atoms with Crippen LogP contribution in [0.1, 0.15) is 24.8 Å². The molecular formula is C16H20N2O2. The smallest absolute Gasteiger partial charge is 0.237 e. The first-order valence-electron chi connectivity index (χ1n) is 6.99. The van der Waals surface area contributed by atoms with Gasteiger partial charge in [-0.3, -0.25) is 4.79 Å². The first-order chi connectivity index (χ1) is 9.72. The highest BCUT2D eigenvalue weighted by molar-refractivity contribution is 5.81. The van der Waals surface area contributed by atoms with Gasteiger partial charge in [0, 0.05) is 13.2 Å². The van der Waals surface area contributed by atoms with Crippen molar-refractivity contribution in [2.75, 3.05) is 7.11 Å². The van der Waals surface area contributed by atoms with Gasteiger partial charge >= 0.3 is 0 Å². The monoisotopic (exact) mass is 272 g/mol. The third kappa shape index (κ3) is 3.82. The summed E-state index contributed by atoms with van der Waals surface area (Å²) in [5.41, 5.74) is 1.01. The van der Waals surface area contributed by atoms with Crippen LogP contribution in [-0.2, 0) is 16.0 Å². The fourth-order valence-corrected chi connectivity index (χ4v) is 2.63. The molecule has 1 saturated carbocycles. The lowest BCUT2D eigenvalue weighted by molar-refractivity contribution is -0.124. The minimum Gasteiger partial charge on any atom is -0.381 e. The van der Waals surface area contributed by atoms with E-state index in [1.807, 2.05) is 30.3 Å². The zero-order valence-corrected chi connectivity index (χ0v) is 11.7. The molecule has 20 heavy (non-hydrogen) atoms. The molecule has 0 bridgehead atoms. The summed E-state index contributed by atoms with van der Waals surface area (Å²) in [5, 5.41) is 12.2. The van der Waals surface area contributed by atoms with Gasteiger partial charge in [-0.05, 0) is 31.2 Å². The molecule has 1 amide bonds. The van der Waals surface area contributed by atoms with Crippen molar-refractivity contribution in [2.45, 2.75) is 37.8 Å². The summed E-state index contributed by atoms with van der Waals surface area (Å²) in [6.45, 7) is 0. The highest BCUT2D eigenvalue weighted by Gasteiger charge is 2.28. The van der Waals surface area contributed by atoms with Crippen LogP contribution in [0.3, 0.4) is 0 Å². The van der Waals surface area contributed by atoms with E-state index >= 15 is 0 Å². The van der Waals surface area contributed by atoms with Crippen LogP contribution in [0.25, 0.3) is 0 Å². The molecule has 0 spiro atoms. The molecule has 1 N–H and O–H groups in total. The molecule has 0 heterocycles. The molecule has 0 aromatic heterocycles. The molecule has 0 aliphatic heterocycles. The van der Waals surface area contributed by atoms with Crippen LogP contribution in [0, 0.1) is 17.2 Å². The van der Waals surface area contributed by atoms with Gasteiger partial charge in [-0.15, -0.1) is 0 Å². The van der Waals surface area contributed by atoms with E-state index in [0.29, 0.717) is 6.42 Å². The number of nitrogens with one attached hydrogen (secondary N) is 1. The van der Waals surface area contributed by atoms with Crippen LogP contribution in [0.15, 0.2) is 30.3 Å². The maximum Gasteiger partial charge on any atom is 0.237 e. The minimum atomic E-state index is -0.626. The average Bonchev–Trinajstić information content (AvgIpc) is 2.93. The molecule has 2 rings (SSSR count). The van der Waals surface area contributed by atoms with E-state index in [0.717, 1.165) is 24.8 Å². The fourth-order valence-electron chi connectivity index (χ4n) is 2.63. The van der Waals surface area contributed by atoms with Crippen LogP contribution in [-0.4, -0.2) is 25.2 Å². The zero-order chi connectivity index (χ0) is 14.4. The molecule has 1 aliphatic rings. The van der Waals surface area contributed by atoms with Crippen molar-refractivity contribution in [1.29, 1.82) is 5.26 Å². The van der Waals surface area contributed by atoms with Crippen LogP contribution in [0.4, 0.5) is 0 Å². The number of amides is 1. The number of carbonyl (C=O) groups excluding carboxylic acids is 1. The largest absolute Gasteiger partial charge is 0.381 e. The molecule has 1 aliphatic carbocycles. The maximum atomic E-state index is 12.2. The molecule has 106 valence electrons. The first-order valence-corrected chi connectivity index (χ1v) is 6.99. The number of methoxy groups -OCH3 is 1. The fraction of sp³-hybridized carbons (Fsp3) is 0.500. The van der Waals surface area contributed by atoms with Crippen LogP contribution in [0.2, 0.25) is 0 Å². The Bertz CT molecular complexity index is 481. The van der Waals surface area contributed by atoms with Crippen LogP contribution in [0.5, 0.6) is 0 Å². The van der Waals surface area contributed by atoms with Crippen LogP contribution >= 0.6 is 0 Å². The quantitative estimate of drug-likeness (QED) is 0.892. The summed E-state index contributed by atoms with van der Waals surface area (Å²) in [7, 11) is 1.70. The number of nitriles is 1. The standard InChI is InChI=1S/C16H20N2O2/c1-20-15-8-7-14(10-15)18-16(19)13(11-17)9-12-5-3-2-4-6-12/h2-6,13-15H,7-10H2,1H3,(H,18,19). The lowest BCUT2D eigenvalue weighted by Crippen LogP contribution is -2.38. The Kier molecular flexibility index (Phi) is 5.14. The van der Waals surface area contributed by atoms with Gasteiger partial charge in [0.15, 0.2) is 0 Å².